The number of rotatable bonds is 2. The maximum absolute atomic E-state index is 11.2. The highest BCUT2D eigenvalue weighted by molar-refractivity contribution is 7.13. The van der Waals surface area contributed by atoms with Crippen molar-refractivity contribution in [2.45, 2.75) is 19.9 Å². The summed E-state index contributed by atoms with van der Waals surface area (Å²) in [4.78, 5) is 15.1. The Bertz CT molecular complexity index is 282. The zero-order valence-electron chi connectivity index (χ0n) is 7.00. The molecule has 0 saturated carbocycles. The number of nitrogens with one attached hydrogen (secondary N) is 1. The number of amides is 1. The molecule has 0 aliphatic heterocycles. The molecule has 0 atom stereocenters. The smallest absolute Gasteiger partial charge is 0.271 e. The summed E-state index contributed by atoms with van der Waals surface area (Å²) in [6, 6.07) is 0.125. The van der Waals surface area contributed by atoms with Crippen LogP contribution in [-0.4, -0.2) is 16.9 Å². The van der Waals surface area contributed by atoms with Gasteiger partial charge < -0.3 is 11.1 Å². The Kier molecular flexibility index (Phi) is 2.65. The van der Waals surface area contributed by atoms with Crippen molar-refractivity contribution in [1.29, 1.82) is 0 Å². The molecule has 1 aromatic heterocycles. The molecular formula is C7H11N3OS. The van der Waals surface area contributed by atoms with Crippen LogP contribution in [0.15, 0.2) is 5.38 Å². The number of hydrogen-bond donors (Lipinski definition) is 2. The minimum Gasteiger partial charge on any atom is -0.375 e. The van der Waals surface area contributed by atoms with Crippen molar-refractivity contribution in [3.05, 3.63) is 11.1 Å². The fourth-order valence-electron chi connectivity index (χ4n) is 0.728. The van der Waals surface area contributed by atoms with E-state index >= 15 is 0 Å². The van der Waals surface area contributed by atoms with Crippen LogP contribution in [-0.2, 0) is 0 Å². The number of nitrogens with zero attached hydrogens (tertiary/aromatic N) is 1. The third kappa shape index (κ3) is 2.20. The van der Waals surface area contributed by atoms with Gasteiger partial charge in [-0.3, -0.25) is 4.79 Å². The van der Waals surface area contributed by atoms with Crippen molar-refractivity contribution >= 4 is 22.4 Å². The van der Waals surface area contributed by atoms with Crippen LogP contribution in [0.1, 0.15) is 24.3 Å². The van der Waals surface area contributed by atoms with E-state index in [4.69, 9.17) is 5.73 Å². The zero-order valence-corrected chi connectivity index (χ0v) is 7.81. The van der Waals surface area contributed by atoms with Gasteiger partial charge in [0.2, 0.25) is 0 Å². The molecule has 0 saturated heterocycles. The standard InChI is InChI=1S/C7H11N3OS/c1-4(2)9-6(11)5-3-12-7(8)10-5/h3-4H,1-2H3,(H2,8,10)(H,9,11). The molecule has 0 aromatic carbocycles. The molecule has 0 aliphatic carbocycles. The Morgan fingerprint density at radius 1 is 1.75 bits per heavy atom. The van der Waals surface area contributed by atoms with Crippen LogP contribution in [0.4, 0.5) is 5.13 Å². The van der Waals surface area contributed by atoms with Gasteiger partial charge in [0.05, 0.1) is 0 Å². The van der Waals surface area contributed by atoms with Crippen molar-refractivity contribution in [3.63, 3.8) is 0 Å². The second-order valence-electron chi connectivity index (χ2n) is 2.70. The molecule has 4 nitrogen and oxygen atoms in total. The summed E-state index contributed by atoms with van der Waals surface area (Å²) in [6.07, 6.45) is 0. The first-order chi connectivity index (χ1) is 5.59. The first-order valence-electron chi connectivity index (χ1n) is 3.61. The van der Waals surface area contributed by atoms with E-state index in [0.717, 1.165) is 0 Å². The van der Waals surface area contributed by atoms with Gasteiger partial charge in [0.15, 0.2) is 5.13 Å². The number of hydrogen-bond acceptors (Lipinski definition) is 4. The Morgan fingerprint density at radius 3 is 2.83 bits per heavy atom. The monoisotopic (exact) mass is 185 g/mol. The number of carbonyl (C=O) groups is 1. The third-order valence-corrected chi connectivity index (χ3v) is 1.85. The molecule has 0 radical (unpaired) electrons. The molecule has 1 aromatic rings. The van der Waals surface area contributed by atoms with Crippen LogP contribution in [0.2, 0.25) is 0 Å². The van der Waals surface area contributed by atoms with Crippen LogP contribution < -0.4 is 11.1 Å². The molecule has 66 valence electrons. The van der Waals surface area contributed by atoms with Gasteiger partial charge in [0.25, 0.3) is 5.91 Å². The van der Waals surface area contributed by atoms with E-state index in [1.165, 1.54) is 11.3 Å². The van der Waals surface area contributed by atoms with E-state index in [-0.39, 0.29) is 11.9 Å². The van der Waals surface area contributed by atoms with Crippen molar-refractivity contribution in [3.8, 4) is 0 Å². The topological polar surface area (TPSA) is 68.0 Å². The summed E-state index contributed by atoms with van der Waals surface area (Å²) in [5.74, 6) is -0.169. The summed E-state index contributed by atoms with van der Waals surface area (Å²) >= 11 is 1.27. The van der Waals surface area contributed by atoms with Crippen LogP contribution in [0.5, 0.6) is 0 Å². The highest BCUT2D eigenvalue weighted by atomic mass is 32.1. The zero-order chi connectivity index (χ0) is 9.14. The minimum absolute atomic E-state index is 0.125. The Labute approximate surface area is 74.8 Å². The van der Waals surface area contributed by atoms with Gasteiger partial charge in [0.1, 0.15) is 5.69 Å². The molecule has 0 unspecified atom stereocenters. The second-order valence-corrected chi connectivity index (χ2v) is 3.59. The average molecular weight is 185 g/mol. The predicted molar refractivity (Wildman–Crippen MR) is 49.1 cm³/mol. The van der Waals surface area contributed by atoms with E-state index in [9.17, 15) is 4.79 Å². The van der Waals surface area contributed by atoms with Crippen LogP contribution in [0.3, 0.4) is 0 Å². The highest BCUT2D eigenvalue weighted by Gasteiger charge is 2.09. The van der Waals surface area contributed by atoms with Gasteiger partial charge in [-0.2, -0.15) is 0 Å². The lowest BCUT2D eigenvalue weighted by atomic mass is 10.3. The molecule has 12 heavy (non-hydrogen) atoms. The van der Waals surface area contributed by atoms with Crippen molar-refractivity contribution < 1.29 is 4.79 Å². The maximum Gasteiger partial charge on any atom is 0.271 e. The first-order valence-corrected chi connectivity index (χ1v) is 4.49. The summed E-state index contributed by atoms with van der Waals surface area (Å²) < 4.78 is 0. The van der Waals surface area contributed by atoms with Crippen molar-refractivity contribution in [1.82, 2.24) is 10.3 Å². The normalized spacial score (nSPS) is 10.2. The molecule has 0 aliphatic rings. The maximum atomic E-state index is 11.2. The predicted octanol–water partition coefficient (Wildman–Crippen LogP) is 0.864. The van der Waals surface area contributed by atoms with E-state index in [1.54, 1.807) is 5.38 Å². The van der Waals surface area contributed by atoms with Crippen LogP contribution >= 0.6 is 11.3 Å². The molecular weight excluding hydrogens is 174 g/mol. The van der Waals surface area contributed by atoms with Crippen molar-refractivity contribution in [2.75, 3.05) is 5.73 Å². The fourth-order valence-corrected chi connectivity index (χ4v) is 1.27. The Hall–Kier alpha value is -1.10. The third-order valence-electron chi connectivity index (χ3n) is 1.17. The molecule has 1 rings (SSSR count). The van der Waals surface area contributed by atoms with E-state index in [0.29, 0.717) is 10.8 Å². The summed E-state index contributed by atoms with van der Waals surface area (Å²) in [5, 5.41) is 4.79. The lowest BCUT2D eigenvalue weighted by molar-refractivity contribution is 0.0939. The average Bonchev–Trinajstić information content (AvgIpc) is 2.34. The summed E-state index contributed by atoms with van der Waals surface area (Å²) in [7, 11) is 0. The van der Waals surface area contributed by atoms with Gasteiger partial charge in [0, 0.05) is 11.4 Å². The molecule has 0 bridgehead atoms. The fraction of sp³-hybridized carbons (Fsp3) is 0.429. The molecule has 1 amide bonds. The number of carbonyl (C=O) groups excluding carboxylic acids is 1. The number of nitrogens with two attached hydrogens (primary N) is 1. The van der Waals surface area contributed by atoms with Gasteiger partial charge in [-0.25, -0.2) is 4.98 Å². The molecule has 1 heterocycles. The van der Waals surface area contributed by atoms with E-state index in [1.807, 2.05) is 13.8 Å². The lowest BCUT2D eigenvalue weighted by Crippen LogP contribution is -2.30. The van der Waals surface area contributed by atoms with Gasteiger partial charge in [-0.1, -0.05) is 0 Å². The van der Waals surface area contributed by atoms with Crippen LogP contribution in [0, 0.1) is 0 Å². The summed E-state index contributed by atoms with van der Waals surface area (Å²) in [6.45, 7) is 3.79. The number of nitrogen functional groups attached to an aromatic ring is 1. The molecule has 0 spiro atoms. The Morgan fingerprint density at radius 2 is 2.42 bits per heavy atom. The minimum atomic E-state index is -0.169. The summed E-state index contributed by atoms with van der Waals surface area (Å²) in [5.41, 5.74) is 5.77. The SMILES string of the molecule is CC(C)NC(=O)c1csc(N)n1. The molecule has 0 fully saturated rings. The van der Waals surface area contributed by atoms with E-state index in [2.05, 4.69) is 10.3 Å². The lowest BCUT2D eigenvalue weighted by Gasteiger charge is -2.04. The first kappa shape index (κ1) is 8.99. The molecule has 5 heteroatoms. The number of thiazole rings is 1. The number of anilines is 1. The largest absolute Gasteiger partial charge is 0.375 e. The quantitative estimate of drug-likeness (QED) is 0.718. The van der Waals surface area contributed by atoms with Gasteiger partial charge >= 0.3 is 0 Å². The van der Waals surface area contributed by atoms with Crippen molar-refractivity contribution in [2.24, 2.45) is 0 Å². The highest BCUT2D eigenvalue weighted by Crippen LogP contribution is 2.10. The van der Waals surface area contributed by atoms with Gasteiger partial charge in [-0.05, 0) is 13.8 Å². The van der Waals surface area contributed by atoms with Gasteiger partial charge in [-0.15, -0.1) is 11.3 Å². The molecule has 3 N–H and O–H groups in total. The second kappa shape index (κ2) is 3.53. The number of aromatic nitrogens is 1. The Balaban J connectivity index is 2.65. The van der Waals surface area contributed by atoms with Crippen LogP contribution in [0.25, 0.3) is 0 Å². The van der Waals surface area contributed by atoms with E-state index < -0.39 is 0 Å².